The van der Waals surface area contributed by atoms with Gasteiger partial charge >= 0.3 is 0 Å². The Morgan fingerprint density at radius 3 is 2.26 bits per heavy atom. The van der Waals surface area contributed by atoms with Gasteiger partial charge in [-0.15, -0.1) is 0 Å². The lowest BCUT2D eigenvalue weighted by Crippen LogP contribution is -2.35. The molecule has 2 aliphatic heterocycles. The van der Waals surface area contributed by atoms with Crippen molar-refractivity contribution < 1.29 is 17.6 Å². The van der Waals surface area contributed by atoms with E-state index in [4.69, 9.17) is 0 Å². The molecule has 0 radical (unpaired) electrons. The fourth-order valence-corrected chi connectivity index (χ4v) is 5.83. The molecule has 2 fully saturated rings. The Bertz CT molecular complexity index is 1050. The number of nitrogens with zero attached hydrogens (tertiary/aromatic N) is 2. The van der Waals surface area contributed by atoms with Crippen molar-refractivity contribution in [1.82, 2.24) is 4.31 Å². The summed E-state index contributed by atoms with van der Waals surface area (Å²) in [5.41, 5.74) is 1.41. The molecular weight excluding hydrogens is 417 g/mol. The predicted octanol–water partition coefficient (Wildman–Crippen LogP) is 4.24. The van der Waals surface area contributed by atoms with Crippen molar-refractivity contribution in [1.29, 1.82) is 0 Å². The molecule has 2 aliphatic rings. The van der Waals surface area contributed by atoms with Crippen molar-refractivity contribution in [3.63, 3.8) is 0 Å². The number of anilines is 2. The zero-order valence-electron chi connectivity index (χ0n) is 17.5. The fourth-order valence-electron chi connectivity index (χ4n) is 4.27. The van der Waals surface area contributed by atoms with Gasteiger partial charge in [-0.1, -0.05) is 12.5 Å². The van der Waals surface area contributed by atoms with Crippen LogP contribution in [-0.4, -0.2) is 44.8 Å². The molecule has 0 atom stereocenters. The van der Waals surface area contributed by atoms with E-state index in [2.05, 4.69) is 10.2 Å². The quantitative estimate of drug-likeness (QED) is 0.747. The van der Waals surface area contributed by atoms with Crippen LogP contribution in [0.3, 0.4) is 0 Å². The van der Waals surface area contributed by atoms with E-state index in [9.17, 15) is 17.6 Å². The molecule has 2 heterocycles. The predicted molar refractivity (Wildman–Crippen MR) is 119 cm³/mol. The maximum Gasteiger partial charge on any atom is 0.255 e. The molecule has 0 spiro atoms. The van der Waals surface area contributed by atoms with Gasteiger partial charge in [0, 0.05) is 31.7 Å². The van der Waals surface area contributed by atoms with Crippen LogP contribution in [-0.2, 0) is 10.0 Å². The topological polar surface area (TPSA) is 69.7 Å². The Kier molecular flexibility index (Phi) is 6.57. The van der Waals surface area contributed by atoms with Gasteiger partial charge < -0.3 is 10.2 Å². The summed E-state index contributed by atoms with van der Waals surface area (Å²) in [5, 5.41) is 2.79. The van der Waals surface area contributed by atoms with Gasteiger partial charge in [0.2, 0.25) is 10.0 Å². The smallest absolute Gasteiger partial charge is 0.255 e. The second kappa shape index (κ2) is 9.36. The van der Waals surface area contributed by atoms with Gasteiger partial charge in [-0.3, -0.25) is 4.79 Å². The maximum absolute atomic E-state index is 13.9. The van der Waals surface area contributed by atoms with Crippen LogP contribution in [0.2, 0.25) is 0 Å². The molecule has 0 aliphatic carbocycles. The Morgan fingerprint density at radius 2 is 1.55 bits per heavy atom. The third-order valence-electron chi connectivity index (χ3n) is 5.95. The average molecular weight is 446 g/mol. The third kappa shape index (κ3) is 4.91. The highest BCUT2D eigenvalue weighted by Gasteiger charge is 2.26. The monoisotopic (exact) mass is 445 g/mol. The second-order valence-corrected chi connectivity index (χ2v) is 10.1. The highest BCUT2D eigenvalue weighted by molar-refractivity contribution is 7.89. The molecule has 4 rings (SSSR count). The largest absolute Gasteiger partial charge is 0.370 e. The first-order chi connectivity index (χ1) is 14.9. The minimum Gasteiger partial charge on any atom is -0.370 e. The molecule has 0 unspecified atom stereocenters. The van der Waals surface area contributed by atoms with E-state index in [1.165, 1.54) is 28.6 Å². The van der Waals surface area contributed by atoms with Crippen LogP contribution in [0.4, 0.5) is 15.8 Å². The average Bonchev–Trinajstić information content (AvgIpc) is 2.80. The van der Waals surface area contributed by atoms with Crippen LogP contribution >= 0.6 is 0 Å². The number of sulfonamides is 1. The number of piperidine rings is 2. The number of hydrogen-bond acceptors (Lipinski definition) is 4. The molecule has 31 heavy (non-hydrogen) atoms. The van der Waals surface area contributed by atoms with Crippen molar-refractivity contribution in [2.45, 2.75) is 43.4 Å². The van der Waals surface area contributed by atoms with Crippen LogP contribution in [0.1, 0.15) is 48.9 Å². The molecule has 2 aromatic rings. The van der Waals surface area contributed by atoms with Gasteiger partial charge in [-0.25, -0.2) is 12.8 Å². The van der Waals surface area contributed by atoms with Crippen molar-refractivity contribution >= 4 is 27.3 Å². The van der Waals surface area contributed by atoms with E-state index < -0.39 is 21.7 Å². The highest BCUT2D eigenvalue weighted by Crippen LogP contribution is 2.30. The Labute approximate surface area is 183 Å². The summed E-state index contributed by atoms with van der Waals surface area (Å²) in [5.74, 6) is -0.892. The third-order valence-corrected chi connectivity index (χ3v) is 7.85. The van der Waals surface area contributed by atoms with Gasteiger partial charge in [0.15, 0.2) is 0 Å². The van der Waals surface area contributed by atoms with E-state index in [1.807, 2.05) is 0 Å². The first-order valence-electron chi connectivity index (χ1n) is 10.9. The number of amides is 1. The summed E-state index contributed by atoms with van der Waals surface area (Å²) >= 11 is 0. The van der Waals surface area contributed by atoms with Crippen molar-refractivity contribution in [3.05, 3.63) is 53.8 Å². The van der Waals surface area contributed by atoms with E-state index >= 15 is 0 Å². The van der Waals surface area contributed by atoms with Gasteiger partial charge in [0.1, 0.15) is 5.82 Å². The van der Waals surface area contributed by atoms with E-state index in [0.717, 1.165) is 57.3 Å². The number of hydrogen-bond donors (Lipinski definition) is 1. The molecule has 1 amide bonds. The summed E-state index contributed by atoms with van der Waals surface area (Å²) in [6.07, 6.45) is 6.00. The van der Waals surface area contributed by atoms with E-state index in [-0.39, 0.29) is 10.5 Å². The van der Waals surface area contributed by atoms with Gasteiger partial charge in [0.25, 0.3) is 5.91 Å². The molecule has 166 valence electrons. The van der Waals surface area contributed by atoms with Gasteiger partial charge in [-0.05, 0) is 68.5 Å². The number of rotatable bonds is 5. The number of carbonyl (C=O) groups excluding carboxylic acids is 1. The minimum atomic E-state index is -3.64. The molecule has 0 aromatic heterocycles. The van der Waals surface area contributed by atoms with Crippen LogP contribution in [0, 0.1) is 5.82 Å². The summed E-state index contributed by atoms with van der Waals surface area (Å²) in [6.45, 7) is 2.72. The van der Waals surface area contributed by atoms with Crippen LogP contribution < -0.4 is 10.2 Å². The molecule has 2 aromatic carbocycles. The molecule has 0 bridgehead atoms. The zero-order chi connectivity index (χ0) is 21.8. The standard InChI is InChI=1S/C23H28FN3O3S/c24-19-10-11-22(26-12-3-1-4-13-26)21(17-19)25-23(28)18-8-7-9-20(16-18)31(29,30)27-14-5-2-6-15-27/h7-11,16-17H,1-6,12-15H2,(H,25,28). The highest BCUT2D eigenvalue weighted by atomic mass is 32.2. The molecule has 2 saturated heterocycles. The number of halogens is 1. The van der Waals surface area contributed by atoms with E-state index in [0.29, 0.717) is 18.8 Å². The van der Waals surface area contributed by atoms with Crippen LogP contribution in [0.15, 0.2) is 47.4 Å². The summed E-state index contributed by atoms with van der Waals surface area (Å²) < 4.78 is 41.3. The maximum atomic E-state index is 13.9. The lowest BCUT2D eigenvalue weighted by Gasteiger charge is -2.30. The summed E-state index contributed by atoms with van der Waals surface area (Å²) in [7, 11) is -3.64. The van der Waals surface area contributed by atoms with Crippen molar-refractivity contribution in [3.8, 4) is 0 Å². The number of carbonyl (C=O) groups is 1. The van der Waals surface area contributed by atoms with Crippen LogP contribution in [0.5, 0.6) is 0 Å². The van der Waals surface area contributed by atoms with E-state index in [1.54, 1.807) is 18.2 Å². The van der Waals surface area contributed by atoms with Gasteiger partial charge in [-0.2, -0.15) is 4.31 Å². The first-order valence-corrected chi connectivity index (χ1v) is 12.4. The Morgan fingerprint density at radius 1 is 0.871 bits per heavy atom. The van der Waals surface area contributed by atoms with Crippen molar-refractivity contribution in [2.75, 3.05) is 36.4 Å². The Hall–Kier alpha value is -2.45. The normalized spacial score (nSPS) is 18.0. The molecule has 8 heteroatoms. The fraction of sp³-hybridized carbons (Fsp3) is 0.435. The molecular formula is C23H28FN3O3S. The molecule has 0 saturated carbocycles. The molecule has 6 nitrogen and oxygen atoms in total. The molecule has 1 N–H and O–H groups in total. The lowest BCUT2D eigenvalue weighted by atomic mass is 10.1. The Balaban J connectivity index is 1.57. The number of benzene rings is 2. The first kappa shape index (κ1) is 21.8. The summed E-state index contributed by atoms with van der Waals surface area (Å²) in [4.78, 5) is 15.2. The number of nitrogens with one attached hydrogen (secondary N) is 1. The zero-order valence-corrected chi connectivity index (χ0v) is 18.3. The second-order valence-electron chi connectivity index (χ2n) is 8.16. The minimum absolute atomic E-state index is 0.109. The van der Waals surface area contributed by atoms with Crippen molar-refractivity contribution in [2.24, 2.45) is 0 Å². The lowest BCUT2D eigenvalue weighted by molar-refractivity contribution is 0.102. The summed E-state index contributed by atoms with van der Waals surface area (Å²) in [6, 6.07) is 10.5. The SMILES string of the molecule is O=C(Nc1cc(F)ccc1N1CCCCC1)c1cccc(S(=O)(=O)N2CCCCC2)c1. The van der Waals surface area contributed by atoms with Gasteiger partial charge in [0.05, 0.1) is 16.3 Å². The van der Waals surface area contributed by atoms with Crippen LogP contribution in [0.25, 0.3) is 0 Å².